The molecule has 2 heterocycles. The first-order valence-corrected chi connectivity index (χ1v) is 12.3. The summed E-state index contributed by atoms with van der Waals surface area (Å²) in [5, 5.41) is 5.49. The molecule has 4 atom stereocenters. The Balaban J connectivity index is 1.33. The minimum Gasteiger partial charge on any atom is -0.375 e. The van der Waals surface area contributed by atoms with Gasteiger partial charge >= 0.3 is 6.03 Å². The number of carbonyl (C=O) groups is 2. The number of likely N-dealkylation sites (tertiary alicyclic amines) is 1. The van der Waals surface area contributed by atoms with Crippen molar-refractivity contribution in [2.75, 3.05) is 31.6 Å². The maximum absolute atomic E-state index is 14.9. The lowest BCUT2D eigenvalue weighted by Crippen LogP contribution is -2.58. The lowest BCUT2D eigenvalue weighted by Gasteiger charge is -2.40. The largest absolute Gasteiger partial charge is 0.375 e. The molecule has 0 saturated carbocycles. The number of anilines is 1. The summed E-state index contributed by atoms with van der Waals surface area (Å²) < 4.78 is 34.0. The Morgan fingerprint density at radius 1 is 1.09 bits per heavy atom. The van der Waals surface area contributed by atoms with Crippen LogP contribution in [0.2, 0.25) is 0 Å². The summed E-state index contributed by atoms with van der Waals surface area (Å²) in [4.78, 5) is 26.3. The maximum Gasteiger partial charge on any atom is 0.319 e. The van der Waals surface area contributed by atoms with Crippen LogP contribution in [0.1, 0.15) is 42.1 Å². The summed E-state index contributed by atoms with van der Waals surface area (Å²) in [6, 6.07) is 12.0. The van der Waals surface area contributed by atoms with Crippen molar-refractivity contribution in [1.82, 2.24) is 10.2 Å². The Kier molecular flexibility index (Phi) is 8.46. The van der Waals surface area contributed by atoms with Gasteiger partial charge in [0.2, 0.25) is 0 Å². The molecule has 0 bridgehead atoms. The van der Waals surface area contributed by atoms with Gasteiger partial charge in [-0.2, -0.15) is 0 Å². The number of benzene rings is 2. The number of amides is 2. The van der Waals surface area contributed by atoms with Crippen molar-refractivity contribution in [3.8, 4) is 0 Å². The fourth-order valence-corrected chi connectivity index (χ4v) is 5.00. The van der Waals surface area contributed by atoms with E-state index in [1.807, 2.05) is 12.1 Å². The van der Waals surface area contributed by atoms with Crippen molar-refractivity contribution >= 4 is 17.5 Å². The Morgan fingerprint density at radius 3 is 2.54 bits per heavy atom. The van der Waals surface area contributed by atoms with E-state index in [9.17, 15) is 18.4 Å². The number of urea groups is 1. The van der Waals surface area contributed by atoms with E-state index in [1.165, 1.54) is 19.1 Å². The number of rotatable bonds is 7. The molecule has 2 aliphatic rings. The molecule has 2 saturated heterocycles. The van der Waals surface area contributed by atoms with Crippen LogP contribution in [0, 0.1) is 11.7 Å². The van der Waals surface area contributed by atoms with Gasteiger partial charge in [-0.25, -0.2) is 13.6 Å². The van der Waals surface area contributed by atoms with Crippen LogP contribution in [0.5, 0.6) is 0 Å². The summed E-state index contributed by atoms with van der Waals surface area (Å²) in [7, 11) is 0. The second-order valence-corrected chi connectivity index (χ2v) is 9.57. The Labute approximate surface area is 205 Å². The van der Waals surface area contributed by atoms with Crippen molar-refractivity contribution in [2.24, 2.45) is 5.92 Å². The third kappa shape index (κ3) is 7.08. The van der Waals surface area contributed by atoms with Crippen LogP contribution in [0.15, 0.2) is 48.5 Å². The molecule has 0 radical (unpaired) electrons. The fourth-order valence-electron chi connectivity index (χ4n) is 5.00. The van der Waals surface area contributed by atoms with Crippen LogP contribution in [0.25, 0.3) is 0 Å². The molecule has 2 N–H and O–H groups in total. The number of ether oxygens (including phenoxy) is 1. The van der Waals surface area contributed by atoms with Gasteiger partial charge in [-0.3, -0.25) is 4.79 Å². The molecule has 2 fully saturated rings. The first kappa shape index (κ1) is 25.3. The van der Waals surface area contributed by atoms with E-state index < -0.39 is 24.3 Å². The number of hydrogen-bond acceptors (Lipinski definition) is 4. The highest BCUT2D eigenvalue weighted by Gasteiger charge is 2.37. The number of hydrogen-bond donors (Lipinski definition) is 2. The first-order valence-electron chi connectivity index (χ1n) is 12.3. The summed E-state index contributed by atoms with van der Waals surface area (Å²) in [6.07, 6.45) is 1.60. The smallest absolute Gasteiger partial charge is 0.319 e. The Hall–Kier alpha value is -2.84. The van der Waals surface area contributed by atoms with Gasteiger partial charge in [0, 0.05) is 37.4 Å². The minimum absolute atomic E-state index is 0.0545. The van der Waals surface area contributed by atoms with E-state index >= 15 is 0 Å². The van der Waals surface area contributed by atoms with Gasteiger partial charge in [-0.15, -0.1) is 0 Å². The Bertz CT molecular complexity index is 1000. The van der Waals surface area contributed by atoms with Crippen molar-refractivity contribution in [3.05, 3.63) is 65.5 Å². The molecule has 2 aromatic carbocycles. The average Bonchev–Trinajstić information content (AvgIpc) is 2.83. The number of nitrogens with one attached hydrogen (secondary N) is 2. The zero-order chi connectivity index (χ0) is 24.8. The van der Waals surface area contributed by atoms with Gasteiger partial charge in [-0.05, 0) is 80.6 Å². The third-order valence-electron chi connectivity index (χ3n) is 6.84. The minimum atomic E-state index is -1.20. The second kappa shape index (κ2) is 11.7. The van der Waals surface area contributed by atoms with Gasteiger partial charge in [0.1, 0.15) is 12.0 Å². The van der Waals surface area contributed by atoms with E-state index in [4.69, 9.17) is 4.74 Å². The quantitative estimate of drug-likeness (QED) is 0.563. The number of Topliss-reactive ketones (excluding diaryl/α,β-unsaturated/α-hetero) is 1. The van der Waals surface area contributed by atoms with E-state index in [1.54, 1.807) is 24.3 Å². The van der Waals surface area contributed by atoms with E-state index in [0.29, 0.717) is 30.3 Å². The zero-order valence-corrected chi connectivity index (χ0v) is 20.0. The molecule has 0 spiro atoms. The molecule has 2 amide bonds. The van der Waals surface area contributed by atoms with Crippen molar-refractivity contribution in [1.29, 1.82) is 0 Å². The van der Waals surface area contributed by atoms with E-state index in [0.717, 1.165) is 37.9 Å². The number of carbonyl (C=O) groups excluding carboxylic acids is 2. The van der Waals surface area contributed by atoms with E-state index in [-0.39, 0.29) is 18.0 Å². The number of ketones is 1. The maximum atomic E-state index is 14.9. The molecule has 188 valence electrons. The molecule has 1 unspecified atom stereocenters. The van der Waals surface area contributed by atoms with Crippen LogP contribution in [-0.4, -0.2) is 61.3 Å². The normalized spacial score (nSPS) is 25.1. The highest BCUT2D eigenvalue weighted by Crippen LogP contribution is 2.24. The van der Waals surface area contributed by atoms with Gasteiger partial charge < -0.3 is 20.3 Å². The molecular formula is C27H33F2N3O3. The highest BCUT2D eigenvalue weighted by molar-refractivity contribution is 5.95. The van der Waals surface area contributed by atoms with Crippen LogP contribution in [-0.2, 0) is 11.2 Å². The fraction of sp³-hybridized carbons (Fsp3) is 0.481. The van der Waals surface area contributed by atoms with E-state index in [2.05, 4.69) is 15.5 Å². The highest BCUT2D eigenvalue weighted by atomic mass is 19.1. The standard InChI is InChI=1S/C27H33F2N3O3/c1-18(33)21-6-10-23(11-7-21)30-27(34)31-26-24(29)12-14-35-25(26)17-32-13-2-3-20(16-32)15-19-4-8-22(28)9-5-19/h4-11,20,24-26H,2-3,12-17H2,1H3,(H2,30,31,34)/t20?,24-,25+,26+/m0/s1. The summed E-state index contributed by atoms with van der Waals surface area (Å²) >= 11 is 0. The van der Waals surface area contributed by atoms with Crippen LogP contribution in [0.4, 0.5) is 19.3 Å². The monoisotopic (exact) mass is 485 g/mol. The predicted molar refractivity (Wildman–Crippen MR) is 131 cm³/mol. The molecule has 0 aromatic heterocycles. The molecule has 4 rings (SSSR count). The molecule has 2 aliphatic heterocycles. The van der Waals surface area contributed by atoms with Gasteiger partial charge in [0.25, 0.3) is 0 Å². The van der Waals surface area contributed by atoms with Crippen molar-refractivity contribution < 1.29 is 23.1 Å². The second-order valence-electron chi connectivity index (χ2n) is 9.57. The first-order chi connectivity index (χ1) is 16.9. The molecule has 2 aromatic rings. The van der Waals surface area contributed by atoms with Gasteiger partial charge in [0.05, 0.1) is 12.1 Å². The summed E-state index contributed by atoms with van der Waals surface area (Å²) in [5.74, 6) is 0.151. The van der Waals surface area contributed by atoms with Crippen LogP contribution < -0.4 is 10.6 Å². The van der Waals surface area contributed by atoms with Crippen LogP contribution in [0.3, 0.4) is 0 Å². The number of halogens is 2. The molecule has 0 aliphatic carbocycles. The molecular weight excluding hydrogens is 452 g/mol. The van der Waals surface area contributed by atoms with Gasteiger partial charge in [-0.1, -0.05) is 12.1 Å². The number of alkyl halides is 1. The van der Waals surface area contributed by atoms with Gasteiger partial charge in [0.15, 0.2) is 5.78 Å². The topological polar surface area (TPSA) is 70.7 Å². The lowest BCUT2D eigenvalue weighted by atomic mass is 9.90. The zero-order valence-electron chi connectivity index (χ0n) is 20.0. The molecule has 35 heavy (non-hydrogen) atoms. The number of nitrogens with zero attached hydrogens (tertiary/aromatic N) is 1. The van der Waals surface area contributed by atoms with Crippen molar-refractivity contribution in [3.63, 3.8) is 0 Å². The molecule has 6 nitrogen and oxygen atoms in total. The number of piperidine rings is 1. The summed E-state index contributed by atoms with van der Waals surface area (Å²) in [5.41, 5.74) is 2.19. The Morgan fingerprint density at radius 2 is 1.83 bits per heavy atom. The van der Waals surface area contributed by atoms with Crippen LogP contribution >= 0.6 is 0 Å². The predicted octanol–water partition coefficient (Wildman–Crippen LogP) is 4.60. The van der Waals surface area contributed by atoms with Crippen molar-refractivity contribution in [2.45, 2.75) is 50.9 Å². The average molecular weight is 486 g/mol. The summed E-state index contributed by atoms with van der Waals surface area (Å²) in [6.45, 7) is 4.10. The SMILES string of the molecule is CC(=O)c1ccc(NC(=O)N[C@@H]2[C@@H](F)CCO[C@@H]2CN2CCCC(Cc3ccc(F)cc3)C2)cc1. The third-order valence-corrected chi connectivity index (χ3v) is 6.84. The molecule has 8 heteroatoms. The lowest BCUT2D eigenvalue weighted by molar-refractivity contribution is -0.0599.